The molecule has 36 valence electrons. The summed E-state index contributed by atoms with van der Waals surface area (Å²) in [6, 6.07) is 0. The number of carbonyl (C=O) groups is 1. The second kappa shape index (κ2) is 1.37. The van der Waals surface area contributed by atoms with Crippen molar-refractivity contribution in [3.8, 4) is 0 Å². The van der Waals surface area contributed by atoms with Crippen molar-refractivity contribution in [1.29, 1.82) is 0 Å². The van der Waals surface area contributed by atoms with Crippen LogP contribution < -0.4 is 5.32 Å². The van der Waals surface area contributed by atoms with Crippen LogP contribution in [0.4, 0.5) is 0 Å². The van der Waals surface area contributed by atoms with E-state index in [1.807, 2.05) is 0 Å². The van der Waals surface area contributed by atoms with Crippen molar-refractivity contribution in [1.82, 2.24) is 5.32 Å². The first-order valence-electron chi connectivity index (χ1n) is 1.92. The number of nitrogens with one attached hydrogen (secondary N) is 1. The molecule has 4 heteroatoms. The maximum absolute atomic E-state index is 10.1. The van der Waals surface area contributed by atoms with Crippen LogP contribution in [0.5, 0.6) is 0 Å². The zero-order valence-corrected chi connectivity index (χ0v) is 3.73. The molecule has 0 amide bonds. The molecule has 0 atom stereocenters. The van der Waals surface area contributed by atoms with Gasteiger partial charge in [0.25, 0.3) is 0 Å². The van der Waals surface area contributed by atoms with Crippen LogP contribution in [0, 0.1) is 0 Å². The molecule has 0 radical (unpaired) electrons. The molecule has 1 saturated heterocycles. The molecule has 0 bridgehead atoms. The van der Waals surface area contributed by atoms with Crippen molar-refractivity contribution in [2.24, 2.45) is 0 Å². The normalized spacial score (nSPS) is 18.7. The molecular formula is C3H4BNO2. The molecule has 1 heterocycles. The summed E-state index contributed by atoms with van der Waals surface area (Å²) < 4.78 is 4.42. The Morgan fingerprint density at radius 2 is 2.57 bits per heavy atom. The van der Waals surface area contributed by atoms with Gasteiger partial charge < -0.3 is 0 Å². The molecule has 3 nitrogen and oxygen atoms in total. The second-order valence-electron chi connectivity index (χ2n) is 1.25. The molecule has 1 N–H and O–H groups in total. The van der Waals surface area contributed by atoms with E-state index in [9.17, 15) is 4.79 Å². The monoisotopic (exact) mass is 97.0 g/mol. The van der Waals surface area contributed by atoms with E-state index in [2.05, 4.69) is 17.5 Å². The van der Waals surface area contributed by atoms with Crippen LogP contribution in [0.2, 0.25) is 0 Å². The van der Waals surface area contributed by atoms with Crippen molar-refractivity contribution >= 4 is 19.2 Å². The molecule has 0 aromatic rings. The number of carbonyl (C=O) groups excluding carboxylic acids is 1. The topological polar surface area (TPSA) is 38.3 Å². The third kappa shape index (κ3) is 0.794. The summed E-state index contributed by atoms with van der Waals surface area (Å²) in [6.45, 7) is 0.263. The van der Waals surface area contributed by atoms with Crippen molar-refractivity contribution in [3.05, 3.63) is 0 Å². The molecule has 1 rings (SSSR count). The minimum absolute atomic E-state index is 0.259. The molecule has 0 spiro atoms. The summed E-state index contributed by atoms with van der Waals surface area (Å²) in [5.41, 5.74) is 0. The van der Waals surface area contributed by atoms with Crippen LogP contribution in [-0.4, -0.2) is 25.8 Å². The zero-order chi connectivity index (χ0) is 5.28. The van der Waals surface area contributed by atoms with Gasteiger partial charge in [-0.05, 0) is 0 Å². The summed E-state index contributed by atoms with van der Waals surface area (Å²) in [4.78, 5) is 10.1. The van der Waals surface area contributed by atoms with Gasteiger partial charge >= 0.3 is 40.6 Å². The van der Waals surface area contributed by atoms with Crippen molar-refractivity contribution in [2.75, 3.05) is 6.54 Å². The first kappa shape index (κ1) is 4.37. The van der Waals surface area contributed by atoms with Crippen LogP contribution in [-0.2, 0) is 9.53 Å². The van der Waals surface area contributed by atoms with E-state index in [1.165, 1.54) is 0 Å². The average molecular weight is 96.9 g/mol. The predicted molar refractivity (Wildman–Crippen MR) is 26.3 cm³/mol. The Balaban J connectivity index is 2.55. The number of hydrogen-bond donors (Lipinski definition) is 1. The molecule has 0 aliphatic carbocycles. The number of hydrogen-bond acceptors (Lipinski definition) is 3. The first-order valence-corrected chi connectivity index (χ1v) is 1.92. The summed E-state index contributed by atoms with van der Waals surface area (Å²) in [7, 11) is 3.35. The van der Waals surface area contributed by atoms with E-state index < -0.39 is 0 Å². The zero-order valence-electron chi connectivity index (χ0n) is 3.73. The number of ether oxygens (including phenoxy) is 1. The molecule has 0 unspecified atom stereocenters. The van der Waals surface area contributed by atoms with Gasteiger partial charge in [0.2, 0.25) is 0 Å². The molecular weight excluding hydrogens is 92.8 g/mol. The summed E-state index contributed by atoms with van der Waals surface area (Å²) in [5, 5.41) is 2.60. The van der Waals surface area contributed by atoms with Crippen LogP contribution in [0.1, 0.15) is 0 Å². The number of esters is 1. The van der Waals surface area contributed by atoms with Gasteiger partial charge in [-0.3, -0.25) is 0 Å². The molecule has 1 fully saturated rings. The van der Waals surface area contributed by atoms with E-state index in [0.29, 0.717) is 5.77 Å². The third-order valence-electron chi connectivity index (χ3n) is 0.667. The van der Waals surface area contributed by atoms with Crippen molar-refractivity contribution in [2.45, 2.75) is 0 Å². The standard InChI is InChI=1S/C3H4BNO2/c4-3-5-1-2(6)7-3/h4-5H,1H2. The molecule has 0 saturated carbocycles. The second-order valence-corrected chi connectivity index (χ2v) is 1.25. The quantitative estimate of drug-likeness (QED) is 0.284. The van der Waals surface area contributed by atoms with Crippen molar-refractivity contribution < 1.29 is 9.53 Å². The van der Waals surface area contributed by atoms with E-state index in [1.54, 1.807) is 0 Å². The Hall–Kier alpha value is -0.795. The Morgan fingerprint density at radius 3 is 2.71 bits per heavy atom. The molecule has 0 aromatic carbocycles. The fraction of sp³-hybridized carbons (Fsp3) is 0.333. The summed E-state index contributed by atoms with van der Waals surface area (Å²) in [5.74, 6) is 0.0926. The van der Waals surface area contributed by atoms with Gasteiger partial charge in [-0.25, -0.2) is 0 Å². The van der Waals surface area contributed by atoms with E-state index in [0.717, 1.165) is 0 Å². The van der Waals surface area contributed by atoms with Gasteiger partial charge in [0, 0.05) is 0 Å². The Morgan fingerprint density at radius 1 is 1.86 bits per heavy atom. The predicted octanol–water partition coefficient (Wildman–Crippen LogP) is -1.88. The Kier molecular flexibility index (Phi) is 0.853. The van der Waals surface area contributed by atoms with Crippen LogP contribution in [0.25, 0.3) is 0 Å². The molecule has 0 aromatic heterocycles. The van der Waals surface area contributed by atoms with Gasteiger partial charge in [-0.2, -0.15) is 0 Å². The summed E-state index contributed by atoms with van der Waals surface area (Å²) >= 11 is 0. The van der Waals surface area contributed by atoms with Gasteiger partial charge in [0.1, 0.15) is 0 Å². The number of cyclic esters (lactones) is 1. The van der Waals surface area contributed by atoms with Gasteiger partial charge in [0.05, 0.1) is 0 Å². The van der Waals surface area contributed by atoms with Gasteiger partial charge in [-0.15, -0.1) is 0 Å². The van der Waals surface area contributed by atoms with E-state index in [-0.39, 0.29) is 12.5 Å². The SMILES string of the molecule is B=C1NCC(=O)O1. The third-order valence-corrected chi connectivity index (χ3v) is 0.667. The molecule has 1 aliphatic rings. The van der Waals surface area contributed by atoms with E-state index in [4.69, 9.17) is 0 Å². The maximum atomic E-state index is 10.1. The Labute approximate surface area is 41.7 Å². The molecule has 1 aliphatic heterocycles. The van der Waals surface area contributed by atoms with Gasteiger partial charge in [0.15, 0.2) is 0 Å². The fourth-order valence-electron chi connectivity index (χ4n) is 0.380. The fourth-order valence-corrected chi connectivity index (χ4v) is 0.380. The average Bonchev–Trinajstić information content (AvgIpc) is 1.87. The first-order chi connectivity index (χ1) is 3.29. The Bertz CT molecular complexity index is 108. The van der Waals surface area contributed by atoms with Crippen LogP contribution in [0.3, 0.4) is 0 Å². The van der Waals surface area contributed by atoms with Gasteiger partial charge in [-0.1, -0.05) is 0 Å². The van der Waals surface area contributed by atoms with E-state index >= 15 is 0 Å². The number of rotatable bonds is 0. The summed E-state index contributed by atoms with van der Waals surface area (Å²) in [6.07, 6.45) is 0. The van der Waals surface area contributed by atoms with Crippen LogP contribution >= 0.6 is 0 Å². The van der Waals surface area contributed by atoms with Crippen LogP contribution in [0.15, 0.2) is 0 Å². The minimum atomic E-state index is -0.259. The molecule has 7 heavy (non-hydrogen) atoms. The van der Waals surface area contributed by atoms with Crippen molar-refractivity contribution in [3.63, 3.8) is 0 Å².